The number of thioether (sulfide) groups is 1. The molecule has 5 nitrogen and oxygen atoms in total. The summed E-state index contributed by atoms with van der Waals surface area (Å²) in [7, 11) is 1.50. The van der Waals surface area contributed by atoms with Crippen molar-refractivity contribution in [2.24, 2.45) is 0 Å². The first kappa shape index (κ1) is 18.7. The van der Waals surface area contributed by atoms with E-state index in [0.717, 1.165) is 30.0 Å². The van der Waals surface area contributed by atoms with Crippen LogP contribution in [0.15, 0.2) is 47.4 Å². The van der Waals surface area contributed by atoms with Gasteiger partial charge < -0.3 is 14.8 Å². The highest BCUT2D eigenvalue weighted by Gasteiger charge is 2.11. The Morgan fingerprint density at radius 2 is 1.96 bits per heavy atom. The number of anilines is 1. The Labute approximate surface area is 147 Å². The molecule has 2 aromatic rings. The van der Waals surface area contributed by atoms with E-state index in [4.69, 9.17) is 9.47 Å². The van der Waals surface area contributed by atoms with Crippen LogP contribution < -0.4 is 10.1 Å². The maximum atomic E-state index is 13.4. The van der Waals surface area contributed by atoms with Gasteiger partial charge in [-0.3, -0.25) is 9.59 Å². The number of carbonyl (C=O) groups excluding carboxylic acids is 2. The van der Waals surface area contributed by atoms with E-state index >= 15 is 0 Å². The number of nitrogens with one attached hydrogen (secondary N) is 1. The van der Waals surface area contributed by atoms with Gasteiger partial charge in [0.25, 0.3) is 5.91 Å². The molecule has 0 fully saturated rings. The first-order valence-corrected chi connectivity index (χ1v) is 8.14. The number of carbonyl (C=O) groups is 2. The third-order valence-electron chi connectivity index (χ3n) is 2.96. The van der Waals surface area contributed by atoms with Crippen LogP contribution in [0.4, 0.5) is 14.5 Å². The fourth-order valence-corrected chi connectivity index (χ4v) is 2.57. The fraction of sp³-hybridized carbons (Fsp3) is 0.176. The standard InChI is InChI=1S/C17H15F2NO4S/c1-23-13-4-2-3-12(8-13)20-16(21)9-24-17(22)10-25-15-7-11(18)5-6-14(15)19/h2-8H,9-10H2,1H3,(H,20,21). The predicted molar refractivity (Wildman–Crippen MR) is 89.7 cm³/mol. The Bertz CT molecular complexity index is 770. The van der Waals surface area contributed by atoms with E-state index in [9.17, 15) is 18.4 Å². The summed E-state index contributed by atoms with van der Waals surface area (Å²) in [5.74, 6) is -2.14. The highest BCUT2D eigenvalue weighted by atomic mass is 32.2. The fourth-order valence-electron chi connectivity index (χ4n) is 1.81. The maximum Gasteiger partial charge on any atom is 0.316 e. The van der Waals surface area contributed by atoms with Crippen LogP contribution in [0.25, 0.3) is 0 Å². The van der Waals surface area contributed by atoms with Crippen molar-refractivity contribution in [3.63, 3.8) is 0 Å². The highest BCUT2D eigenvalue weighted by Crippen LogP contribution is 2.22. The van der Waals surface area contributed by atoms with E-state index in [1.807, 2.05) is 0 Å². The Morgan fingerprint density at radius 1 is 1.16 bits per heavy atom. The van der Waals surface area contributed by atoms with Gasteiger partial charge in [0, 0.05) is 16.6 Å². The molecule has 0 atom stereocenters. The Kier molecular flexibility index (Phi) is 6.76. The molecule has 132 valence electrons. The molecule has 0 aliphatic heterocycles. The zero-order chi connectivity index (χ0) is 18.2. The molecular formula is C17H15F2NO4S. The van der Waals surface area contributed by atoms with Gasteiger partial charge in [-0.2, -0.15) is 0 Å². The average molecular weight is 367 g/mol. The molecule has 2 rings (SSSR count). The van der Waals surface area contributed by atoms with Gasteiger partial charge in [-0.05, 0) is 30.3 Å². The Balaban J connectivity index is 1.77. The van der Waals surface area contributed by atoms with Gasteiger partial charge in [0.15, 0.2) is 6.61 Å². The molecule has 0 aromatic heterocycles. The number of benzene rings is 2. The van der Waals surface area contributed by atoms with Gasteiger partial charge in [0.2, 0.25) is 0 Å². The predicted octanol–water partition coefficient (Wildman–Crippen LogP) is 3.25. The van der Waals surface area contributed by atoms with E-state index < -0.39 is 30.1 Å². The maximum absolute atomic E-state index is 13.4. The Hall–Kier alpha value is -2.61. The van der Waals surface area contributed by atoms with Crippen molar-refractivity contribution in [2.75, 3.05) is 24.8 Å². The van der Waals surface area contributed by atoms with Gasteiger partial charge in [0.1, 0.15) is 17.4 Å². The molecule has 0 saturated heterocycles. The summed E-state index contributed by atoms with van der Waals surface area (Å²) in [6, 6.07) is 9.64. The molecule has 2 aromatic carbocycles. The zero-order valence-corrected chi connectivity index (χ0v) is 14.1. The lowest BCUT2D eigenvalue weighted by Gasteiger charge is -2.08. The van der Waals surface area contributed by atoms with Crippen molar-refractivity contribution in [2.45, 2.75) is 4.90 Å². The van der Waals surface area contributed by atoms with Crippen LogP contribution in [0.1, 0.15) is 0 Å². The second-order valence-electron chi connectivity index (χ2n) is 4.80. The third kappa shape index (κ3) is 6.07. The molecule has 8 heteroatoms. The van der Waals surface area contributed by atoms with E-state index in [-0.39, 0.29) is 10.6 Å². The van der Waals surface area contributed by atoms with Gasteiger partial charge in [0.05, 0.1) is 12.9 Å². The van der Waals surface area contributed by atoms with E-state index in [2.05, 4.69) is 5.32 Å². The largest absolute Gasteiger partial charge is 0.497 e. The molecule has 0 bridgehead atoms. The highest BCUT2D eigenvalue weighted by molar-refractivity contribution is 8.00. The minimum absolute atomic E-state index is 0.00205. The molecule has 0 aliphatic carbocycles. The van der Waals surface area contributed by atoms with Gasteiger partial charge in [-0.1, -0.05) is 6.07 Å². The molecule has 0 heterocycles. The molecule has 0 spiro atoms. The number of esters is 1. The van der Waals surface area contributed by atoms with Crippen LogP contribution in [-0.2, 0) is 14.3 Å². The Morgan fingerprint density at radius 3 is 2.72 bits per heavy atom. The lowest BCUT2D eigenvalue weighted by molar-refractivity contribution is -0.144. The topological polar surface area (TPSA) is 64.6 Å². The van der Waals surface area contributed by atoms with Crippen LogP contribution >= 0.6 is 11.8 Å². The van der Waals surface area contributed by atoms with Gasteiger partial charge in [-0.15, -0.1) is 11.8 Å². The van der Waals surface area contributed by atoms with Crippen LogP contribution in [-0.4, -0.2) is 31.3 Å². The molecule has 0 radical (unpaired) electrons. The third-order valence-corrected chi connectivity index (χ3v) is 3.96. The second kappa shape index (κ2) is 9.03. The summed E-state index contributed by atoms with van der Waals surface area (Å²) < 4.78 is 36.3. The zero-order valence-electron chi connectivity index (χ0n) is 13.3. The summed E-state index contributed by atoms with van der Waals surface area (Å²) in [6.07, 6.45) is 0. The van der Waals surface area contributed by atoms with E-state index in [1.165, 1.54) is 7.11 Å². The number of ether oxygens (including phenoxy) is 2. The number of hydrogen-bond acceptors (Lipinski definition) is 5. The molecule has 0 aliphatic rings. The molecule has 25 heavy (non-hydrogen) atoms. The lowest BCUT2D eigenvalue weighted by Crippen LogP contribution is -2.21. The first-order valence-electron chi connectivity index (χ1n) is 7.15. The van der Waals surface area contributed by atoms with Gasteiger partial charge in [-0.25, -0.2) is 8.78 Å². The molecule has 0 saturated carbocycles. The minimum Gasteiger partial charge on any atom is -0.497 e. The smallest absolute Gasteiger partial charge is 0.316 e. The van der Waals surface area contributed by atoms with Crippen molar-refractivity contribution in [3.8, 4) is 5.75 Å². The molecule has 0 unspecified atom stereocenters. The van der Waals surface area contributed by atoms with Crippen LogP contribution in [0, 0.1) is 11.6 Å². The van der Waals surface area contributed by atoms with Crippen LogP contribution in [0.5, 0.6) is 5.75 Å². The lowest BCUT2D eigenvalue weighted by atomic mass is 10.3. The van der Waals surface area contributed by atoms with Crippen molar-refractivity contribution >= 4 is 29.3 Å². The molecular weight excluding hydrogens is 352 g/mol. The summed E-state index contributed by atoms with van der Waals surface area (Å²) in [6.45, 7) is -0.484. The number of methoxy groups -OCH3 is 1. The first-order chi connectivity index (χ1) is 12.0. The number of hydrogen-bond donors (Lipinski definition) is 1. The van der Waals surface area contributed by atoms with Crippen molar-refractivity contribution in [3.05, 3.63) is 54.1 Å². The summed E-state index contributed by atoms with van der Waals surface area (Å²) in [5.41, 5.74) is 0.497. The molecule has 1 amide bonds. The number of rotatable bonds is 7. The number of halogens is 2. The normalized spacial score (nSPS) is 10.2. The number of amides is 1. The van der Waals surface area contributed by atoms with Crippen molar-refractivity contribution < 1.29 is 27.8 Å². The average Bonchev–Trinajstić information content (AvgIpc) is 2.61. The van der Waals surface area contributed by atoms with Gasteiger partial charge >= 0.3 is 5.97 Å². The monoisotopic (exact) mass is 367 g/mol. The quantitative estimate of drug-likeness (QED) is 0.601. The van der Waals surface area contributed by atoms with Crippen LogP contribution in [0.3, 0.4) is 0 Å². The van der Waals surface area contributed by atoms with E-state index in [0.29, 0.717) is 11.4 Å². The summed E-state index contributed by atoms with van der Waals surface area (Å²) in [4.78, 5) is 23.4. The van der Waals surface area contributed by atoms with E-state index in [1.54, 1.807) is 24.3 Å². The minimum atomic E-state index is -0.713. The van der Waals surface area contributed by atoms with Crippen molar-refractivity contribution in [1.82, 2.24) is 0 Å². The SMILES string of the molecule is COc1cccc(NC(=O)COC(=O)CSc2cc(F)ccc2F)c1. The summed E-state index contributed by atoms with van der Waals surface area (Å²) in [5, 5.41) is 2.55. The van der Waals surface area contributed by atoms with Crippen LogP contribution in [0.2, 0.25) is 0 Å². The summed E-state index contributed by atoms with van der Waals surface area (Å²) >= 11 is 0.792. The van der Waals surface area contributed by atoms with Crippen molar-refractivity contribution in [1.29, 1.82) is 0 Å². The second-order valence-corrected chi connectivity index (χ2v) is 5.82. The molecule has 1 N–H and O–H groups in total.